The fourth-order valence-electron chi connectivity index (χ4n) is 1.45. The molecule has 0 N–H and O–H groups in total. The highest BCUT2D eigenvalue weighted by atomic mass is 19.4. The van der Waals surface area contributed by atoms with E-state index < -0.39 is 29.2 Å². The van der Waals surface area contributed by atoms with Gasteiger partial charge in [0, 0.05) is 6.07 Å². The van der Waals surface area contributed by atoms with E-state index in [0.717, 1.165) is 12.5 Å². The topological polar surface area (TPSA) is 22.4 Å². The van der Waals surface area contributed by atoms with Gasteiger partial charge in [-0.1, -0.05) is 0 Å². The number of hydrogen-bond acceptors (Lipinski definition) is 2. The summed E-state index contributed by atoms with van der Waals surface area (Å²) in [5.41, 5.74) is -2.53. The SMILES string of the molecule is FC(F)(F)c1ccc(C(F)(F)F)c(Oc2ccoc2)c1. The molecule has 2 rings (SSSR count). The minimum absolute atomic E-state index is 0.130. The van der Waals surface area contributed by atoms with E-state index in [-0.39, 0.29) is 5.75 Å². The van der Waals surface area contributed by atoms with E-state index in [2.05, 4.69) is 4.42 Å². The lowest BCUT2D eigenvalue weighted by molar-refractivity contribution is -0.142. The van der Waals surface area contributed by atoms with E-state index >= 15 is 0 Å². The summed E-state index contributed by atoms with van der Waals surface area (Å²) in [5.74, 6) is -1.07. The van der Waals surface area contributed by atoms with Gasteiger partial charge in [0.25, 0.3) is 0 Å². The van der Waals surface area contributed by atoms with Gasteiger partial charge in [-0.2, -0.15) is 26.3 Å². The van der Waals surface area contributed by atoms with Crippen molar-refractivity contribution in [2.45, 2.75) is 12.4 Å². The normalized spacial score (nSPS) is 12.5. The highest BCUT2D eigenvalue weighted by Crippen LogP contribution is 2.41. The Morgan fingerprint density at radius 3 is 2.10 bits per heavy atom. The molecule has 1 aromatic heterocycles. The number of hydrogen-bond donors (Lipinski definition) is 0. The second-order valence-electron chi connectivity index (χ2n) is 3.77. The molecule has 0 unspecified atom stereocenters. The average molecular weight is 296 g/mol. The lowest BCUT2D eigenvalue weighted by Crippen LogP contribution is -2.10. The second-order valence-corrected chi connectivity index (χ2v) is 3.77. The van der Waals surface area contributed by atoms with Crippen LogP contribution in [-0.2, 0) is 12.4 Å². The number of halogens is 6. The van der Waals surface area contributed by atoms with E-state index in [1.807, 2.05) is 0 Å². The first-order valence-electron chi connectivity index (χ1n) is 5.16. The largest absolute Gasteiger partial charge is 0.469 e. The van der Waals surface area contributed by atoms with Crippen molar-refractivity contribution < 1.29 is 35.5 Å². The maximum atomic E-state index is 12.7. The molecule has 0 spiro atoms. The van der Waals surface area contributed by atoms with Gasteiger partial charge in [-0.3, -0.25) is 0 Å². The van der Waals surface area contributed by atoms with E-state index in [9.17, 15) is 26.3 Å². The van der Waals surface area contributed by atoms with Crippen molar-refractivity contribution >= 4 is 0 Å². The molecule has 0 atom stereocenters. The Labute approximate surface area is 108 Å². The van der Waals surface area contributed by atoms with Gasteiger partial charge in [-0.15, -0.1) is 0 Å². The Kier molecular flexibility index (Phi) is 3.41. The summed E-state index contributed by atoms with van der Waals surface area (Å²) >= 11 is 0. The zero-order valence-corrected chi connectivity index (χ0v) is 9.55. The molecule has 0 aliphatic carbocycles. The predicted molar refractivity (Wildman–Crippen MR) is 55.2 cm³/mol. The van der Waals surface area contributed by atoms with Crippen LogP contribution in [0.2, 0.25) is 0 Å². The molecule has 0 bridgehead atoms. The van der Waals surface area contributed by atoms with Crippen LogP contribution in [0.15, 0.2) is 41.2 Å². The van der Waals surface area contributed by atoms with Crippen molar-refractivity contribution in [3.05, 3.63) is 47.9 Å². The van der Waals surface area contributed by atoms with Gasteiger partial charge in [0.1, 0.15) is 12.0 Å². The molecule has 0 saturated carbocycles. The van der Waals surface area contributed by atoms with Crippen LogP contribution in [0.1, 0.15) is 11.1 Å². The molecule has 20 heavy (non-hydrogen) atoms. The minimum atomic E-state index is -4.83. The molecule has 0 aliphatic heterocycles. The fourth-order valence-corrected chi connectivity index (χ4v) is 1.45. The summed E-state index contributed by atoms with van der Waals surface area (Å²) in [4.78, 5) is 0. The Morgan fingerprint density at radius 2 is 1.60 bits per heavy atom. The number of furan rings is 1. The summed E-state index contributed by atoms with van der Waals surface area (Å²) in [6.07, 6.45) is -7.50. The van der Waals surface area contributed by atoms with Crippen molar-refractivity contribution in [2.75, 3.05) is 0 Å². The lowest BCUT2D eigenvalue weighted by Gasteiger charge is -2.15. The summed E-state index contributed by atoms with van der Waals surface area (Å²) in [7, 11) is 0. The first-order chi connectivity index (χ1) is 9.18. The predicted octanol–water partition coefficient (Wildman–Crippen LogP) is 5.11. The van der Waals surface area contributed by atoms with Gasteiger partial charge in [0.15, 0.2) is 5.75 Å². The molecule has 0 radical (unpaired) electrons. The summed E-state index contributed by atoms with van der Waals surface area (Å²) in [5, 5.41) is 0. The van der Waals surface area contributed by atoms with Crippen molar-refractivity contribution in [1.29, 1.82) is 0 Å². The summed E-state index contributed by atoms with van der Waals surface area (Å²) in [6, 6.07) is 2.17. The maximum absolute atomic E-state index is 12.7. The van der Waals surface area contributed by atoms with Crippen LogP contribution in [0, 0.1) is 0 Å². The smallest absolute Gasteiger partial charge is 0.419 e. The van der Waals surface area contributed by atoms with Crippen molar-refractivity contribution in [3.8, 4) is 11.5 Å². The van der Waals surface area contributed by atoms with Crippen molar-refractivity contribution in [1.82, 2.24) is 0 Å². The molecule has 0 amide bonds. The lowest BCUT2D eigenvalue weighted by atomic mass is 10.1. The molecule has 1 heterocycles. The number of rotatable bonds is 2. The van der Waals surface area contributed by atoms with Gasteiger partial charge < -0.3 is 9.15 Å². The molecule has 0 saturated heterocycles. The molecule has 8 heteroatoms. The van der Waals surface area contributed by atoms with Crippen LogP contribution in [0.3, 0.4) is 0 Å². The van der Waals surface area contributed by atoms with E-state index in [1.54, 1.807) is 0 Å². The average Bonchev–Trinajstić information content (AvgIpc) is 2.79. The van der Waals surface area contributed by atoms with Gasteiger partial charge in [0.05, 0.1) is 17.4 Å². The van der Waals surface area contributed by atoms with E-state index in [1.165, 1.54) is 6.07 Å². The molecule has 0 aliphatic rings. The first kappa shape index (κ1) is 14.3. The van der Waals surface area contributed by atoms with Gasteiger partial charge in [-0.05, 0) is 18.2 Å². The maximum Gasteiger partial charge on any atom is 0.419 e. The standard InChI is InChI=1S/C12H6F6O2/c13-11(14,15)7-1-2-9(12(16,17)18)10(5-7)20-8-3-4-19-6-8/h1-6H. The van der Waals surface area contributed by atoms with Gasteiger partial charge in [-0.25, -0.2) is 0 Å². The zero-order chi connectivity index (χ0) is 15.0. The molecule has 2 aromatic rings. The van der Waals surface area contributed by atoms with Crippen LogP contribution in [0.4, 0.5) is 26.3 Å². The molecule has 1 aromatic carbocycles. The van der Waals surface area contributed by atoms with Crippen LogP contribution < -0.4 is 4.74 Å². The summed E-state index contributed by atoms with van der Waals surface area (Å²) < 4.78 is 85.1. The van der Waals surface area contributed by atoms with Crippen molar-refractivity contribution in [2.24, 2.45) is 0 Å². The second kappa shape index (κ2) is 4.77. The molecule has 108 valence electrons. The summed E-state index contributed by atoms with van der Waals surface area (Å²) in [6.45, 7) is 0. The van der Waals surface area contributed by atoms with Crippen LogP contribution in [-0.4, -0.2) is 0 Å². The number of alkyl halides is 6. The quantitative estimate of drug-likeness (QED) is 0.718. The highest BCUT2D eigenvalue weighted by Gasteiger charge is 2.38. The zero-order valence-electron chi connectivity index (χ0n) is 9.55. The third-order valence-electron chi connectivity index (χ3n) is 2.34. The minimum Gasteiger partial charge on any atom is -0.469 e. The van der Waals surface area contributed by atoms with Gasteiger partial charge in [0.2, 0.25) is 0 Å². The third kappa shape index (κ3) is 3.06. The fraction of sp³-hybridized carbons (Fsp3) is 0.167. The number of ether oxygens (including phenoxy) is 1. The Morgan fingerprint density at radius 1 is 0.900 bits per heavy atom. The Bertz CT molecular complexity index is 583. The Balaban J connectivity index is 2.48. The Hall–Kier alpha value is -2.12. The van der Waals surface area contributed by atoms with Gasteiger partial charge >= 0.3 is 12.4 Å². The number of benzene rings is 1. The molecular formula is C12H6F6O2. The molecular weight excluding hydrogens is 290 g/mol. The molecule has 0 fully saturated rings. The van der Waals surface area contributed by atoms with Crippen molar-refractivity contribution in [3.63, 3.8) is 0 Å². The highest BCUT2D eigenvalue weighted by molar-refractivity contribution is 5.42. The van der Waals surface area contributed by atoms with Crippen LogP contribution in [0.5, 0.6) is 11.5 Å². The molecule has 2 nitrogen and oxygen atoms in total. The van der Waals surface area contributed by atoms with Crippen LogP contribution in [0.25, 0.3) is 0 Å². The van der Waals surface area contributed by atoms with E-state index in [0.29, 0.717) is 18.2 Å². The monoisotopic (exact) mass is 296 g/mol. The van der Waals surface area contributed by atoms with Crippen LogP contribution >= 0.6 is 0 Å². The first-order valence-corrected chi connectivity index (χ1v) is 5.16. The van der Waals surface area contributed by atoms with E-state index in [4.69, 9.17) is 4.74 Å². The third-order valence-corrected chi connectivity index (χ3v) is 2.34.